The Bertz CT molecular complexity index is 474. The van der Waals surface area contributed by atoms with Crippen LogP contribution in [0.15, 0.2) is 12.3 Å². The zero-order valence-corrected chi connectivity index (χ0v) is 12.9. The Labute approximate surface area is 125 Å². The topological polar surface area (TPSA) is 45.2 Å². The summed E-state index contributed by atoms with van der Waals surface area (Å²) in [5.74, 6) is 1.36. The van der Waals surface area contributed by atoms with Crippen LogP contribution in [0.4, 0.5) is 5.82 Å². The lowest BCUT2D eigenvalue weighted by Crippen LogP contribution is -2.32. The van der Waals surface area contributed by atoms with Gasteiger partial charge in [0, 0.05) is 25.8 Å². The zero-order valence-electron chi connectivity index (χ0n) is 12.2. The van der Waals surface area contributed by atoms with Gasteiger partial charge in [0.2, 0.25) is 0 Å². The quantitative estimate of drug-likeness (QED) is 0.838. The largest absolute Gasteiger partial charge is 0.369 e. The van der Waals surface area contributed by atoms with Crippen LogP contribution in [0.5, 0.6) is 0 Å². The van der Waals surface area contributed by atoms with Gasteiger partial charge in [0.1, 0.15) is 5.82 Å². The molecule has 1 heterocycles. The van der Waals surface area contributed by atoms with Gasteiger partial charge in [0.15, 0.2) is 0 Å². The van der Waals surface area contributed by atoms with Crippen LogP contribution in [0.2, 0.25) is 5.02 Å². The van der Waals surface area contributed by atoms with E-state index in [1.165, 1.54) is 12.8 Å². The maximum atomic E-state index is 12.4. The minimum absolute atomic E-state index is 0.0239. The van der Waals surface area contributed by atoms with Gasteiger partial charge in [-0.05, 0) is 38.2 Å². The number of carbonyl (C=O) groups is 1. The van der Waals surface area contributed by atoms with Gasteiger partial charge in [-0.25, -0.2) is 4.98 Å². The summed E-state index contributed by atoms with van der Waals surface area (Å²) in [4.78, 5) is 18.6. The van der Waals surface area contributed by atoms with E-state index in [1.807, 2.05) is 11.8 Å². The maximum absolute atomic E-state index is 12.4. The molecule has 0 saturated heterocycles. The second kappa shape index (κ2) is 6.93. The van der Waals surface area contributed by atoms with E-state index < -0.39 is 0 Å². The summed E-state index contributed by atoms with van der Waals surface area (Å²) in [6.45, 7) is 6.48. The van der Waals surface area contributed by atoms with Crippen LogP contribution >= 0.6 is 11.6 Å². The Hall–Kier alpha value is -1.29. The van der Waals surface area contributed by atoms with E-state index in [2.05, 4.69) is 17.2 Å². The molecular formula is C15H22ClN3O. The number of pyridine rings is 1. The Morgan fingerprint density at radius 3 is 2.80 bits per heavy atom. The number of nitrogens with one attached hydrogen (secondary N) is 1. The highest BCUT2D eigenvalue weighted by Crippen LogP contribution is 2.30. The van der Waals surface area contributed by atoms with Crippen LogP contribution in [0.1, 0.15) is 43.5 Å². The molecule has 0 aliphatic heterocycles. The van der Waals surface area contributed by atoms with Crippen LogP contribution in [0.25, 0.3) is 0 Å². The summed E-state index contributed by atoms with van der Waals surface area (Å²) in [6, 6.07) is 1.71. The van der Waals surface area contributed by atoms with Crippen molar-refractivity contribution < 1.29 is 4.79 Å². The molecule has 0 unspecified atom stereocenters. The van der Waals surface area contributed by atoms with E-state index in [0.717, 1.165) is 26.1 Å². The molecule has 1 aliphatic rings. The van der Waals surface area contributed by atoms with Gasteiger partial charge in [0.05, 0.1) is 10.6 Å². The Kier molecular flexibility index (Phi) is 5.24. The predicted molar refractivity (Wildman–Crippen MR) is 82.3 cm³/mol. The zero-order chi connectivity index (χ0) is 14.5. The Morgan fingerprint density at radius 2 is 2.25 bits per heavy atom. The number of amides is 1. The molecule has 0 spiro atoms. The Balaban J connectivity index is 2.06. The first kappa shape index (κ1) is 15.1. The first-order valence-corrected chi connectivity index (χ1v) is 7.72. The fourth-order valence-electron chi connectivity index (χ4n) is 2.08. The normalized spacial score (nSPS) is 14.2. The summed E-state index contributed by atoms with van der Waals surface area (Å²) in [5.41, 5.74) is 0.569. The van der Waals surface area contributed by atoms with Crippen molar-refractivity contribution >= 4 is 23.3 Å². The minimum atomic E-state index is 0.0239. The van der Waals surface area contributed by atoms with Gasteiger partial charge < -0.3 is 10.2 Å². The first-order chi connectivity index (χ1) is 9.65. The van der Waals surface area contributed by atoms with E-state index in [4.69, 9.17) is 11.6 Å². The number of halogens is 1. The molecule has 1 aromatic rings. The molecule has 5 heteroatoms. The number of hydrogen-bond donors (Lipinski definition) is 1. The van der Waals surface area contributed by atoms with Crippen molar-refractivity contribution in [3.8, 4) is 0 Å². The molecule has 1 aromatic heterocycles. The summed E-state index contributed by atoms with van der Waals surface area (Å²) >= 11 is 6.18. The highest BCUT2D eigenvalue weighted by atomic mass is 35.5. The smallest absolute Gasteiger partial charge is 0.255 e. The number of aromatic nitrogens is 1. The molecule has 0 atom stereocenters. The van der Waals surface area contributed by atoms with Crippen molar-refractivity contribution in [1.82, 2.24) is 9.88 Å². The van der Waals surface area contributed by atoms with Gasteiger partial charge in [0.25, 0.3) is 5.91 Å². The molecular weight excluding hydrogens is 274 g/mol. The van der Waals surface area contributed by atoms with Crippen molar-refractivity contribution in [2.75, 3.05) is 25.0 Å². The molecule has 1 amide bonds. The summed E-state index contributed by atoms with van der Waals surface area (Å²) in [5, 5.41) is 3.65. The molecule has 2 rings (SSSR count). The lowest BCUT2D eigenvalue weighted by atomic mass is 10.2. The molecule has 0 aromatic carbocycles. The van der Waals surface area contributed by atoms with Gasteiger partial charge >= 0.3 is 0 Å². The van der Waals surface area contributed by atoms with Crippen molar-refractivity contribution in [2.45, 2.75) is 33.1 Å². The van der Waals surface area contributed by atoms with Crippen LogP contribution < -0.4 is 5.32 Å². The van der Waals surface area contributed by atoms with Crippen LogP contribution in [0, 0.1) is 5.92 Å². The second-order valence-corrected chi connectivity index (χ2v) is 5.68. The van der Waals surface area contributed by atoms with Gasteiger partial charge in [-0.1, -0.05) is 18.5 Å². The van der Waals surface area contributed by atoms with Crippen molar-refractivity contribution in [1.29, 1.82) is 0 Å². The fourth-order valence-corrected chi connectivity index (χ4v) is 2.31. The standard InChI is InChI=1S/C15H22ClN3O/c1-3-7-17-14-13(16)8-12(9-18-14)15(20)19(4-2)10-11-5-6-11/h8-9,11H,3-7,10H2,1-2H3,(H,17,18). The van der Waals surface area contributed by atoms with Crippen LogP contribution in [-0.4, -0.2) is 35.4 Å². The highest BCUT2D eigenvalue weighted by Gasteiger charge is 2.26. The molecule has 0 radical (unpaired) electrons. The molecule has 1 fully saturated rings. The molecule has 1 aliphatic carbocycles. The number of carbonyl (C=O) groups excluding carboxylic acids is 1. The van der Waals surface area contributed by atoms with Crippen LogP contribution in [-0.2, 0) is 0 Å². The summed E-state index contributed by atoms with van der Waals surface area (Å²) < 4.78 is 0. The van der Waals surface area contributed by atoms with E-state index in [0.29, 0.717) is 22.3 Å². The summed E-state index contributed by atoms with van der Waals surface area (Å²) in [6.07, 6.45) is 5.09. The van der Waals surface area contributed by atoms with Crippen LogP contribution in [0.3, 0.4) is 0 Å². The fraction of sp³-hybridized carbons (Fsp3) is 0.600. The molecule has 4 nitrogen and oxygen atoms in total. The van der Waals surface area contributed by atoms with Gasteiger partial charge in [-0.3, -0.25) is 4.79 Å². The third-order valence-electron chi connectivity index (χ3n) is 3.48. The summed E-state index contributed by atoms with van der Waals surface area (Å²) in [7, 11) is 0. The number of hydrogen-bond acceptors (Lipinski definition) is 3. The third kappa shape index (κ3) is 3.85. The van der Waals surface area contributed by atoms with Crippen molar-refractivity contribution in [2.24, 2.45) is 5.92 Å². The number of nitrogens with zero attached hydrogens (tertiary/aromatic N) is 2. The first-order valence-electron chi connectivity index (χ1n) is 7.34. The lowest BCUT2D eigenvalue weighted by Gasteiger charge is -2.21. The van der Waals surface area contributed by atoms with E-state index in [1.54, 1.807) is 12.3 Å². The van der Waals surface area contributed by atoms with Crippen molar-refractivity contribution in [3.05, 3.63) is 22.8 Å². The van der Waals surface area contributed by atoms with E-state index in [-0.39, 0.29) is 5.91 Å². The highest BCUT2D eigenvalue weighted by molar-refractivity contribution is 6.33. The molecule has 110 valence electrons. The van der Waals surface area contributed by atoms with Crippen molar-refractivity contribution in [3.63, 3.8) is 0 Å². The number of rotatable bonds is 7. The lowest BCUT2D eigenvalue weighted by molar-refractivity contribution is 0.0756. The average Bonchev–Trinajstić information content (AvgIpc) is 3.26. The second-order valence-electron chi connectivity index (χ2n) is 5.27. The monoisotopic (exact) mass is 295 g/mol. The number of anilines is 1. The third-order valence-corrected chi connectivity index (χ3v) is 3.76. The Morgan fingerprint density at radius 1 is 1.50 bits per heavy atom. The SMILES string of the molecule is CCCNc1ncc(C(=O)N(CC)CC2CC2)cc1Cl. The van der Waals surface area contributed by atoms with Gasteiger partial charge in [-0.2, -0.15) is 0 Å². The van der Waals surface area contributed by atoms with Gasteiger partial charge in [-0.15, -0.1) is 0 Å². The molecule has 0 bridgehead atoms. The molecule has 20 heavy (non-hydrogen) atoms. The van der Waals surface area contributed by atoms with E-state index >= 15 is 0 Å². The molecule has 1 N–H and O–H groups in total. The maximum Gasteiger partial charge on any atom is 0.255 e. The average molecular weight is 296 g/mol. The molecule has 1 saturated carbocycles. The minimum Gasteiger partial charge on any atom is -0.369 e. The predicted octanol–water partition coefficient (Wildman–Crippen LogP) is 3.43. The van der Waals surface area contributed by atoms with E-state index in [9.17, 15) is 4.79 Å².